The van der Waals surface area contributed by atoms with Crippen molar-refractivity contribution >= 4 is 22.3 Å². The minimum atomic E-state index is 0.404. The highest BCUT2D eigenvalue weighted by Gasteiger charge is 2.06. The normalized spacial score (nSPS) is 10.3. The molecule has 1 aromatic carbocycles. The van der Waals surface area contributed by atoms with Crippen LogP contribution in [0.3, 0.4) is 0 Å². The Morgan fingerprint density at radius 1 is 1.17 bits per heavy atom. The standard InChI is InChI=1S/C18H17N5/c1-23(2)15-7-8-20-14(9-15)12-21-18-10-13(11-19)22-17-6-4-3-5-16(17)18/h3-10H,12H2,1-2H3,(H,21,22). The smallest absolute Gasteiger partial charge is 0.143 e. The zero-order valence-electron chi connectivity index (χ0n) is 13.1. The Hall–Kier alpha value is -3.13. The Morgan fingerprint density at radius 2 is 2.00 bits per heavy atom. The van der Waals surface area contributed by atoms with Crippen molar-refractivity contribution in [2.24, 2.45) is 0 Å². The van der Waals surface area contributed by atoms with E-state index in [0.717, 1.165) is 28.0 Å². The van der Waals surface area contributed by atoms with E-state index in [0.29, 0.717) is 12.2 Å². The molecule has 0 amide bonds. The third-order valence-electron chi connectivity index (χ3n) is 3.61. The summed E-state index contributed by atoms with van der Waals surface area (Å²) in [5, 5.41) is 13.5. The maximum Gasteiger partial charge on any atom is 0.143 e. The predicted molar refractivity (Wildman–Crippen MR) is 92.3 cm³/mol. The van der Waals surface area contributed by atoms with Gasteiger partial charge < -0.3 is 10.2 Å². The number of nitrogens with zero attached hydrogens (tertiary/aromatic N) is 4. The largest absolute Gasteiger partial charge is 0.379 e. The van der Waals surface area contributed by atoms with Gasteiger partial charge in [0.2, 0.25) is 0 Å². The summed E-state index contributed by atoms with van der Waals surface area (Å²) in [6, 6.07) is 15.7. The molecular weight excluding hydrogens is 286 g/mol. The second-order valence-electron chi connectivity index (χ2n) is 5.44. The molecule has 0 unspecified atom stereocenters. The number of anilines is 2. The maximum atomic E-state index is 9.15. The number of hydrogen-bond donors (Lipinski definition) is 1. The highest BCUT2D eigenvalue weighted by molar-refractivity contribution is 5.91. The molecule has 3 rings (SSSR count). The number of nitrogens with one attached hydrogen (secondary N) is 1. The van der Waals surface area contributed by atoms with Crippen LogP contribution in [-0.4, -0.2) is 24.1 Å². The van der Waals surface area contributed by atoms with Crippen LogP contribution in [0.4, 0.5) is 11.4 Å². The first-order chi connectivity index (χ1) is 11.2. The van der Waals surface area contributed by atoms with E-state index >= 15 is 0 Å². The molecule has 5 heteroatoms. The van der Waals surface area contributed by atoms with Crippen LogP contribution in [0.2, 0.25) is 0 Å². The third kappa shape index (κ3) is 3.22. The fraction of sp³-hybridized carbons (Fsp3) is 0.167. The molecule has 0 saturated carbocycles. The molecule has 2 heterocycles. The fourth-order valence-corrected chi connectivity index (χ4v) is 2.41. The molecule has 0 aliphatic carbocycles. The summed E-state index contributed by atoms with van der Waals surface area (Å²) in [6.45, 7) is 0.584. The molecule has 114 valence electrons. The van der Waals surface area contributed by atoms with Crippen molar-refractivity contribution in [1.29, 1.82) is 5.26 Å². The van der Waals surface area contributed by atoms with Gasteiger partial charge in [-0.05, 0) is 24.3 Å². The minimum absolute atomic E-state index is 0.404. The highest BCUT2D eigenvalue weighted by atomic mass is 15.1. The molecule has 0 spiro atoms. The van der Waals surface area contributed by atoms with Gasteiger partial charge in [0, 0.05) is 37.1 Å². The van der Waals surface area contributed by atoms with Crippen molar-refractivity contribution < 1.29 is 0 Å². The van der Waals surface area contributed by atoms with Gasteiger partial charge in [0.05, 0.1) is 17.8 Å². The van der Waals surface area contributed by atoms with Gasteiger partial charge in [-0.25, -0.2) is 4.98 Å². The molecule has 0 bridgehead atoms. The van der Waals surface area contributed by atoms with Crippen LogP contribution in [0.5, 0.6) is 0 Å². The number of benzene rings is 1. The molecule has 23 heavy (non-hydrogen) atoms. The van der Waals surface area contributed by atoms with Gasteiger partial charge in [-0.3, -0.25) is 4.98 Å². The topological polar surface area (TPSA) is 64.8 Å². The monoisotopic (exact) mass is 303 g/mol. The molecule has 5 nitrogen and oxygen atoms in total. The number of pyridine rings is 2. The molecular formula is C18H17N5. The van der Waals surface area contributed by atoms with Crippen LogP contribution in [0.25, 0.3) is 10.9 Å². The number of fused-ring (bicyclic) bond motifs is 1. The summed E-state index contributed by atoms with van der Waals surface area (Å²) in [7, 11) is 4.00. The average Bonchev–Trinajstić information content (AvgIpc) is 2.59. The lowest BCUT2D eigenvalue weighted by molar-refractivity contribution is 1.03. The van der Waals surface area contributed by atoms with Gasteiger partial charge in [-0.15, -0.1) is 0 Å². The van der Waals surface area contributed by atoms with E-state index in [1.807, 2.05) is 55.4 Å². The van der Waals surface area contributed by atoms with E-state index in [4.69, 9.17) is 5.26 Å². The van der Waals surface area contributed by atoms with E-state index in [1.54, 1.807) is 12.3 Å². The van der Waals surface area contributed by atoms with E-state index in [1.165, 1.54) is 0 Å². The Labute approximate surface area is 135 Å². The fourth-order valence-electron chi connectivity index (χ4n) is 2.41. The second kappa shape index (κ2) is 6.32. The van der Waals surface area contributed by atoms with E-state index in [2.05, 4.69) is 21.4 Å². The highest BCUT2D eigenvalue weighted by Crippen LogP contribution is 2.23. The summed E-state index contributed by atoms with van der Waals surface area (Å²) < 4.78 is 0. The number of rotatable bonds is 4. The van der Waals surface area contributed by atoms with Crippen LogP contribution in [-0.2, 0) is 6.54 Å². The Balaban J connectivity index is 1.90. The molecule has 1 N–H and O–H groups in total. The first-order valence-electron chi connectivity index (χ1n) is 7.33. The number of aromatic nitrogens is 2. The SMILES string of the molecule is CN(C)c1ccnc(CNc2cc(C#N)nc3ccccc23)c1. The van der Waals surface area contributed by atoms with Gasteiger partial charge in [0.1, 0.15) is 11.8 Å². The average molecular weight is 303 g/mol. The number of nitriles is 1. The minimum Gasteiger partial charge on any atom is -0.379 e. The van der Waals surface area contributed by atoms with E-state index < -0.39 is 0 Å². The first kappa shape index (κ1) is 14.8. The molecule has 0 aliphatic rings. The Kier molecular flexibility index (Phi) is 4.07. The van der Waals surface area contributed by atoms with Crippen molar-refractivity contribution in [3.05, 3.63) is 60.0 Å². The molecule has 0 fully saturated rings. The van der Waals surface area contributed by atoms with Gasteiger partial charge in [-0.1, -0.05) is 18.2 Å². The van der Waals surface area contributed by atoms with Gasteiger partial charge >= 0.3 is 0 Å². The number of para-hydroxylation sites is 1. The van der Waals surface area contributed by atoms with Crippen LogP contribution < -0.4 is 10.2 Å². The van der Waals surface area contributed by atoms with Gasteiger partial charge in [0.15, 0.2) is 0 Å². The lowest BCUT2D eigenvalue weighted by atomic mass is 10.1. The van der Waals surface area contributed by atoms with Crippen molar-refractivity contribution in [3.63, 3.8) is 0 Å². The predicted octanol–water partition coefficient (Wildman–Crippen LogP) is 3.18. The maximum absolute atomic E-state index is 9.15. The summed E-state index contributed by atoms with van der Waals surface area (Å²) in [6.07, 6.45) is 1.80. The van der Waals surface area contributed by atoms with Crippen molar-refractivity contribution in [2.75, 3.05) is 24.3 Å². The summed E-state index contributed by atoms with van der Waals surface area (Å²) in [5.74, 6) is 0. The quantitative estimate of drug-likeness (QED) is 0.802. The first-order valence-corrected chi connectivity index (χ1v) is 7.33. The van der Waals surface area contributed by atoms with Crippen molar-refractivity contribution in [1.82, 2.24) is 9.97 Å². The zero-order chi connectivity index (χ0) is 16.2. The van der Waals surface area contributed by atoms with Crippen LogP contribution in [0.15, 0.2) is 48.7 Å². The molecule has 0 aliphatic heterocycles. The molecule has 3 aromatic rings. The second-order valence-corrected chi connectivity index (χ2v) is 5.44. The lowest BCUT2D eigenvalue weighted by Gasteiger charge is -2.14. The van der Waals surface area contributed by atoms with Crippen molar-refractivity contribution in [2.45, 2.75) is 6.54 Å². The summed E-state index contributed by atoms with van der Waals surface area (Å²) in [4.78, 5) is 10.8. The van der Waals surface area contributed by atoms with Gasteiger partial charge in [-0.2, -0.15) is 5.26 Å². The molecule has 0 radical (unpaired) electrons. The number of hydrogen-bond acceptors (Lipinski definition) is 5. The molecule has 0 atom stereocenters. The summed E-state index contributed by atoms with van der Waals surface area (Å²) >= 11 is 0. The van der Waals surface area contributed by atoms with E-state index in [9.17, 15) is 0 Å². The van der Waals surface area contributed by atoms with Crippen LogP contribution >= 0.6 is 0 Å². The lowest BCUT2D eigenvalue weighted by Crippen LogP contribution is -2.10. The van der Waals surface area contributed by atoms with Crippen molar-refractivity contribution in [3.8, 4) is 6.07 Å². The van der Waals surface area contributed by atoms with Crippen LogP contribution in [0.1, 0.15) is 11.4 Å². The van der Waals surface area contributed by atoms with Gasteiger partial charge in [0.25, 0.3) is 0 Å². The Bertz CT molecular complexity index is 880. The van der Waals surface area contributed by atoms with Crippen LogP contribution in [0, 0.1) is 11.3 Å². The summed E-state index contributed by atoms with van der Waals surface area (Å²) in [5.41, 5.74) is 4.15. The Morgan fingerprint density at radius 3 is 2.78 bits per heavy atom. The molecule has 2 aromatic heterocycles. The molecule has 0 saturated heterocycles. The van der Waals surface area contributed by atoms with E-state index in [-0.39, 0.29) is 0 Å². The third-order valence-corrected chi connectivity index (χ3v) is 3.61. The zero-order valence-corrected chi connectivity index (χ0v) is 13.1.